The zero-order chi connectivity index (χ0) is 24.6. The van der Waals surface area contributed by atoms with Gasteiger partial charge in [0.15, 0.2) is 0 Å². The monoisotopic (exact) mass is 483 g/mol. The van der Waals surface area contributed by atoms with Crippen molar-refractivity contribution >= 4 is 27.8 Å². The van der Waals surface area contributed by atoms with Crippen LogP contribution in [0, 0.1) is 12.7 Å². The molecule has 0 atom stereocenters. The summed E-state index contributed by atoms with van der Waals surface area (Å²) in [5.41, 5.74) is 4.33. The number of hydrogen-bond acceptors (Lipinski definition) is 5. The molecule has 1 amide bonds. The molecular formula is C25H26FN3O4S. The molecule has 178 valence electrons. The van der Waals surface area contributed by atoms with E-state index in [4.69, 9.17) is 4.74 Å². The fourth-order valence-electron chi connectivity index (χ4n) is 2.97. The molecular weight excluding hydrogens is 457 g/mol. The first kappa shape index (κ1) is 24.9. The van der Waals surface area contributed by atoms with Crippen LogP contribution in [0.2, 0.25) is 0 Å². The second-order valence-electron chi connectivity index (χ2n) is 7.51. The van der Waals surface area contributed by atoms with Gasteiger partial charge in [0.05, 0.1) is 23.4 Å². The molecule has 0 aliphatic rings. The molecule has 0 aromatic heterocycles. The molecule has 0 saturated heterocycles. The van der Waals surface area contributed by atoms with Crippen LogP contribution in [0.5, 0.6) is 5.75 Å². The van der Waals surface area contributed by atoms with E-state index in [1.54, 1.807) is 48.5 Å². The molecule has 0 heterocycles. The van der Waals surface area contributed by atoms with Crippen LogP contribution in [0.15, 0.2) is 82.8 Å². The van der Waals surface area contributed by atoms with Crippen LogP contribution < -0.4 is 14.5 Å². The Morgan fingerprint density at radius 2 is 1.68 bits per heavy atom. The number of hydrogen-bond donors (Lipinski definition) is 1. The van der Waals surface area contributed by atoms with Crippen molar-refractivity contribution in [3.8, 4) is 5.75 Å². The summed E-state index contributed by atoms with van der Waals surface area (Å²) in [5, 5.41) is 3.92. The second kappa shape index (κ2) is 11.4. The highest BCUT2D eigenvalue weighted by atomic mass is 32.2. The zero-order valence-corrected chi connectivity index (χ0v) is 19.8. The van der Waals surface area contributed by atoms with Crippen molar-refractivity contribution in [3.63, 3.8) is 0 Å². The Hall–Kier alpha value is -3.72. The molecule has 0 radical (unpaired) electrons. The van der Waals surface area contributed by atoms with Crippen LogP contribution in [-0.4, -0.2) is 33.7 Å². The Balaban J connectivity index is 1.74. The van der Waals surface area contributed by atoms with Gasteiger partial charge in [0.25, 0.3) is 15.9 Å². The number of sulfonamides is 1. The van der Waals surface area contributed by atoms with E-state index in [2.05, 4.69) is 10.5 Å². The summed E-state index contributed by atoms with van der Waals surface area (Å²) in [7, 11) is -4.13. The molecule has 0 aliphatic carbocycles. The van der Waals surface area contributed by atoms with Crippen LogP contribution >= 0.6 is 0 Å². The van der Waals surface area contributed by atoms with Gasteiger partial charge in [0.1, 0.15) is 18.1 Å². The summed E-state index contributed by atoms with van der Waals surface area (Å²) in [6, 6.07) is 18.3. The zero-order valence-electron chi connectivity index (χ0n) is 18.9. The lowest BCUT2D eigenvalue weighted by Crippen LogP contribution is -2.39. The Morgan fingerprint density at radius 1 is 1.03 bits per heavy atom. The average Bonchev–Trinajstić information content (AvgIpc) is 2.83. The van der Waals surface area contributed by atoms with Crippen LogP contribution in [0.25, 0.3) is 0 Å². The van der Waals surface area contributed by atoms with E-state index < -0.39 is 28.3 Å². The van der Waals surface area contributed by atoms with Gasteiger partial charge in [-0.3, -0.25) is 9.10 Å². The standard InChI is InChI=1S/C25H26FN3O4S/c1-3-16-33-23-12-6-20(7-13-23)17-27-28-25(30)18-29(22-10-4-19(2)5-11-22)34(31,32)24-14-8-21(26)9-15-24/h4-15,17H,3,16,18H2,1-2H3,(H,28,30)/b27-17-. The van der Waals surface area contributed by atoms with Crippen LogP contribution in [-0.2, 0) is 14.8 Å². The molecule has 3 aromatic rings. The summed E-state index contributed by atoms with van der Waals surface area (Å²) in [5.74, 6) is -0.453. The first-order valence-corrected chi connectivity index (χ1v) is 12.1. The van der Waals surface area contributed by atoms with Crippen molar-refractivity contribution in [1.82, 2.24) is 5.43 Å². The predicted molar refractivity (Wildman–Crippen MR) is 130 cm³/mol. The minimum absolute atomic E-state index is 0.129. The maximum absolute atomic E-state index is 13.3. The molecule has 0 saturated carbocycles. The fraction of sp³-hybridized carbons (Fsp3) is 0.200. The summed E-state index contributed by atoms with van der Waals surface area (Å²) in [6.07, 6.45) is 2.36. The van der Waals surface area contributed by atoms with E-state index in [1.165, 1.54) is 6.21 Å². The maximum atomic E-state index is 13.3. The Kier molecular flexibility index (Phi) is 8.37. The van der Waals surface area contributed by atoms with Gasteiger partial charge in [0, 0.05) is 0 Å². The number of rotatable bonds is 10. The molecule has 34 heavy (non-hydrogen) atoms. The SMILES string of the molecule is CCCOc1ccc(/C=N\NC(=O)CN(c2ccc(C)cc2)S(=O)(=O)c2ccc(F)cc2)cc1. The van der Waals surface area contributed by atoms with Crippen LogP contribution in [0.3, 0.4) is 0 Å². The number of halogens is 1. The topological polar surface area (TPSA) is 88.1 Å². The number of benzene rings is 3. The Labute approximate surface area is 198 Å². The minimum Gasteiger partial charge on any atom is -0.494 e. The van der Waals surface area contributed by atoms with Gasteiger partial charge in [-0.05, 0) is 79.6 Å². The van der Waals surface area contributed by atoms with Gasteiger partial charge in [-0.25, -0.2) is 18.2 Å². The molecule has 0 spiro atoms. The number of hydrazone groups is 1. The molecule has 3 rings (SSSR count). The number of amides is 1. The minimum atomic E-state index is -4.13. The maximum Gasteiger partial charge on any atom is 0.264 e. The van der Waals surface area contributed by atoms with E-state index >= 15 is 0 Å². The first-order valence-electron chi connectivity index (χ1n) is 10.7. The highest BCUT2D eigenvalue weighted by Crippen LogP contribution is 2.24. The summed E-state index contributed by atoms with van der Waals surface area (Å²) >= 11 is 0. The molecule has 7 nitrogen and oxygen atoms in total. The average molecular weight is 484 g/mol. The summed E-state index contributed by atoms with van der Waals surface area (Å²) in [4.78, 5) is 12.4. The van der Waals surface area contributed by atoms with Crippen molar-refractivity contribution in [2.45, 2.75) is 25.2 Å². The molecule has 3 aromatic carbocycles. The number of carbonyl (C=O) groups is 1. The van der Waals surface area contributed by atoms with Crippen LogP contribution in [0.4, 0.5) is 10.1 Å². The summed E-state index contributed by atoms with van der Waals surface area (Å²) in [6.45, 7) is 4.01. The Morgan fingerprint density at radius 3 is 2.29 bits per heavy atom. The van der Waals surface area contributed by atoms with Gasteiger partial charge < -0.3 is 4.74 Å². The number of carbonyl (C=O) groups excluding carboxylic acids is 1. The fourth-order valence-corrected chi connectivity index (χ4v) is 4.40. The van der Waals surface area contributed by atoms with Gasteiger partial charge in [-0.2, -0.15) is 5.10 Å². The Bertz CT molecular complexity index is 1230. The van der Waals surface area contributed by atoms with Gasteiger partial charge in [-0.1, -0.05) is 24.6 Å². The van der Waals surface area contributed by atoms with Gasteiger partial charge >= 0.3 is 0 Å². The number of aryl methyl sites for hydroxylation is 1. The van der Waals surface area contributed by atoms with Gasteiger partial charge in [-0.15, -0.1) is 0 Å². The normalized spacial score (nSPS) is 11.4. The molecule has 0 aliphatic heterocycles. The number of anilines is 1. The highest BCUT2D eigenvalue weighted by molar-refractivity contribution is 7.92. The molecule has 1 N–H and O–H groups in total. The van der Waals surface area contributed by atoms with Gasteiger partial charge in [0.2, 0.25) is 0 Å². The van der Waals surface area contributed by atoms with E-state index in [-0.39, 0.29) is 4.90 Å². The van der Waals surface area contributed by atoms with E-state index in [1.807, 2.05) is 13.8 Å². The van der Waals surface area contributed by atoms with Crippen molar-refractivity contribution in [2.24, 2.45) is 5.10 Å². The number of nitrogens with one attached hydrogen (secondary N) is 1. The third-order valence-corrected chi connectivity index (χ3v) is 6.55. The highest BCUT2D eigenvalue weighted by Gasteiger charge is 2.27. The van der Waals surface area contributed by atoms with Crippen molar-refractivity contribution < 1.29 is 22.3 Å². The first-order chi connectivity index (χ1) is 16.3. The van der Waals surface area contributed by atoms with E-state index in [0.717, 1.165) is 51.9 Å². The van der Waals surface area contributed by atoms with Crippen LogP contribution in [0.1, 0.15) is 24.5 Å². The van der Waals surface area contributed by atoms with E-state index in [9.17, 15) is 17.6 Å². The van der Waals surface area contributed by atoms with Crippen molar-refractivity contribution in [2.75, 3.05) is 17.5 Å². The lowest BCUT2D eigenvalue weighted by Gasteiger charge is -2.23. The second-order valence-corrected chi connectivity index (χ2v) is 9.37. The quantitative estimate of drug-likeness (QED) is 0.345. The third kappa shape index (κ3) is 6.64. The lowest BCUT2D eigenvalue weighted by molar-refractivity contribution is -0.119. The smallest absolute Gasteiger partial charge is 0.264 e. The lowest BCUT2D eigenvalue weighted by atomic mass is 10.2. The predicted octanol–water partition coefficient (Wildman–Crippen LogP) is 4.27. The molecule has 0 unspecified atom stereocenters. The number of nitrogens with zero attached hydrogens (tertiary/aromatic N) is 2. The molecule has 0 fully saturated rings. The van der Waals surface area contributed by atoms with E-state index in [0.29, 0.717) is 12.3 Å². The largest absolute Gasteiger partial charge is 0.494 e. The number of ether oxygens (including phenoxy) is 1. The third-order valence-electron chi connectivity index (χ3n) is 4.77. The summed E-state index contributed by atoms with van der Waals surface area (Å²) < 4.78 is 46.3. The van der Waals surface area contributed by atoms with Crippen molar-refractivity contribution in [3.05, 3.63) is 89.7 Å². The molecule has 0 bridgehead atoms. The van der Waals surface area contributed by atoms with Crippen molar-refractivity contribution in [1.29, 1.82) is 0 Å². The molecule has 9 heteroatoms.